The van der Waals surface area contributed by atoms with E-state index in [9.17, 15) is 0 Å². The van der Waals surface area contributed by atoms with Crippen LogP contribution >= 0.6 is 11.3 Å². The number of nitrogens with two attached hydrogens (primary N) is 1. The molecule has 2 heterocycles. The molecule has 2 aromatic heterocycles. The Kier molecular flexibility index (Phi) is 3.56. The van der Waals surface area contributed by atoms with Crippen LogP contribution in [0.3, 0.4) is 0 Å². The fourth-order valence-electron chi connectivity index (χ4n) is 2.34. The van der Waals surface area contributed by atoms with Crippen molar-refractivity contribution in [3.63, 3.8) is 0 Å². The summed E-state index contributed by atoms with van der Waals surface area (Å²) < 4.78 is 1.85. The van der Waals surface area contributed by atoms with E-state index >= 15 is 0 Å². The summed E-state index contributed by atoms with van der Waals surface area (Å²) >= 11 is 1.70. The molecule has 0 aliphatic rings. The average molecular weight is 283 g/mol. The second kappa shape index (κ2) is 5.51. The molecule has 3 rings (SSSR count). The Morgan fingerprint density at radius 2 is 1.95 bits per heavy atom. The minimum absolute atomic E-state index is 0.751. The maximum absolute atomic E-state index is 6.33. The van der Waals surface area contributed by atoms with Crippen LogP contribution in [-0.4, -0.2) is 9.78 Å². The first-order valence-corrected chi connectivity index (χ1v) is 7.66. The van der Waals surface area contributed by atoms with Gasteiger partial charge in [0.25, 0.3) is 0 Å². The minimum atomic E-state index is 0.751. The lowest BCUT2D eigenvalue weighted by molar-refractivity contribution is 0.893. The first-order chi connectivity index (χ1) is 9.81. The Bertz CT molecular complexity index is 684. The third-order valence-electron chi connectivity index (χ3n) is 3.28. The molecule has 0 atom stereocenters. The van der Waals surface area contributed by atoms with Gasteiger partial charge in [-0.05, 0) is 30.0 Å². The van der Waals surface area contributed by atoms with Crippen molar-refractivity contribution in [3.8, 4) is 16.3 Å². The minimum Gasteiger partial charge on any atom is -0.383 e. The van der Waals surface area contributed by atoms with Gasteiger partial charge < -0.3 is 5.73 Å². The lowest BCUT2D eigenvalue weighted by Gasteiger charge is -2.04. The highest BCUT2D eigenvalue weighted by atomic mass is 32.1. The highest BCUT2D eigenvalue weighted by Crippen LogP contribution is 2.32. The smallest absolute Gasteiger partial charge is 0.131 e. The van der Waals surface area contributed by atoms with Gasteiger partial charge in [-0.25, -0.2) is 4.68 Å². The molecule has 0 amide bonds. The van der Waals surface area contributed by atoms with Crippen molar-refractivity contribution in [1.82, 2.24) is 9.78 Å². The summed E-state index contributed by atoms with van der Waals surface area (Å²) in [4.78, 5) is 1.18. The molecule has 4 heteroatoms. The largest absolute Gasteiger partial charge is 0.383 e. The maximum Gasteiger partial charge on any atom is 0.131 e. The van der Waals surface area contributed by atoms with Gasteiger partial charge in [-0.1, -0.05) is 37.6 Å². The molecular formula is C16H17N3S. The Balaban J connectivity index is 2.16. The lowest BCUT2D eigenvalue weighted by atomic mass is 10.1. The molecule has 3 nitrogen and oxygen atoms in total. The zero-order chi connectivity index (χ0) is 13.9. The fraction of sp³-hybridized carbons (Fsp3) is 0.188. The SMILES string of the molecule is CCCc1c(-c2cccs2)nn(-c2ccccc2)c1N. The van der Waals surface area contributed by atoms with E-state index in [1.807, 2.05) is 41.1 Å². The summed E-state index contributed by atoms with van der Waals surface area (Å²) in [6.07, 6.45) is 2.01. The van der Waals surface area contributed by atoms with E-state index in [2.05, 4.69) is 18.4 Å². The van der Waals surface area contributed by atoms with E-state index in [1.54, 1.807) is 11.3 Å². The average Bonchev–Trinajstić information content (AvgIpc) is 3.10. The zero-order valence-corrected chi connectivity index (χ0v) is 12.2. The number of aromatic nitrogens is 2. The molecule has 0 saturated heterocycles. The molecule has 0 unspecified atom stereocenters. The summed E-state index contributed by atoms with van der Waals surface area (Å²) in [6, 6.07) is 14.2. The topological polar surface area (TPSA) is 43.8 Å². The van der Waals surface area contributed by atoms with Crippen molar-refractivity contribution in [3.05, 3.63) is 53.4 Å². The molecule has 0 saturated carbocycles. The van der Waals surface area contributed by atoms with Gasteiger partial charge in [0.1, 0.15) is 11.5 Å². The second-order valence-electron chi connectivity index (χ2n) is 4.69. The van der Waals surface area contributed by atoms with Gasteiger partial charge in [-0.2, -0.15) is 5.10 Å². The Morgan fingerprint density at radius 1 is 1.15 bits per heavy atom. The number of thiophene rings is 1. The van der Waals surface area contributed by atoms with Crippen molar-refractivity contribution in [2.45, 2.75) is 19.8 Å². The number of anilines is 1. The van der Waals surface area contributed by atoms with E-state index in [4.69, 9.17) is 10.8 Å². The fourth-order valence-corrected chi connectivity index (χ4v) is 3.07. The van der Waals surface area contributed by atoms with E-state index < -0.39 is 0 Å². The van der Waals surface area contributed by atoms with Gasteiger partial charge >= 0.3 is 0 Å². The highest BCUT2D eigenvalue weighted by molar-refractivity contribution is 7.13. The van der Waals surface area contributed by atoms with Crippen molar-refractivity contribution >= 4 is 17.2 Å². The van der Waals surface area contributed by atoms with Crippen LogP contribution in [0.15, 0.2) is 47.8 Å². The second-order valence-corrected chi connectivity index (χ2v) is 5.63. The van der Waals surface area contributed by atoms with Crippen LogP contribution in [0, 0.1) is 0 Å². The number of nitrogen functional groups attached to an aromatic ring is 1. The number of hydrogen-bond acceptors (Lipinski definition) is 3. The summed E-state index contributed by atoms with van der Waals surface area (Å²) in [5, 5.41) is 6.82. The van der Waals surface area contributed by atoms with Crippen LogP contribution in [0.1, 0.15) is 18.9 Å². The molecular weight excluding hydrogens is 266 g/mol. The molecule has 0 radical (unpaired) electrons. The molecule has 2 N–H and O–H groups in total. The van der Waals surface area contributed by atoms with Crippen LogP contribution in [0.5, 0.6) is 0 Å². The zero-order valence-electron chi connectivity index (χ0n) is 11.4. The molecule has 0 aliphatic heterocycles. The third kappa shape index (κ3) is 2.23. The molecule has 0 fully saturated rings. The number of nitrogens with zero attached hydrogens (tertiary/aromatic N) is 2. The standard InChI is InChI=1S/C16H17N3S/c1-2-7-13-15(14-10-6-11-20-14)18-19(16(13)17)12-8-4-3-5-9-12/h3-6,8-11H,2,7,17H2,1H3. The van der Waals surface area contributed by atoms with Crippen LogP contribution in [0.2, 0.25) is 0 Å². The van der Waals surface area contributed by atoms with Crippen molar-refractivity contribution in [1.29, 1.82) is 0 Å². The molecule has 102 valence electrons. The van der Waals surface area contributed by atoms with E-state index in [1.165, 1.54) is 4.88 Å². The summed E-state index contributed by atoms with van der Waals surface area (Å²) in [7, 11) is 0. The number of benzene rings is 1. The Morgan fingerprint density at radius 3 is 2.60 bits per heavy atom. The quantitative estimate of drug-likeness (QED) is 0.782. The predicted molar refractivity (Wildman–Crippen MR) is 85.3 cm³/mol. The van der Waals surface area contributed by atoms with Gasteiger partial charge in [-0.15, -0.1) is 11.3 Å². The highest BCUT2D eigenvalue weighted by Gasteiger charge is 2.17. The van der Waals surface area contributed by atoms with Crippen molar-refractivity contribution < 1.29 is 0 Å². The summed E-state index contributed by atoms with van der Waals surface area (Å²) in [5.41, 5.74) is 9.51. The molecule has 1 aromatic carbocycles. The number of hydrogen-bond donors (Lipinski definition) is 1. The number of para-hydroxylation sites is 1. The van der Waals surface area contributed by atoms with Crippen LogP contribution in [0.4, 0.5) is 5.82 Å². The first kappa shape index (κ1) is 12.9. The number of rotatable bonds is 4. The third-order valence-corrected chi connectivity index (χ3v) is 4.16. The van der Waals surface area contributed by atoms with E-state index in [-0.39, 0.29) is 0 Å². The molecule has 0 aliphatic carbocycles. The summed E-state index contributed by atoms with van der Waals surface area (Å²) in [5.74, 6) is 0.751. The monoisotopic (exact) mass is 283 g/mol. The van der Waals surface area contributed by atoms with Gasteiger partial charge in [0.15, 0.2) is 0 Å². The Labute approximate surface area is 122 Å². The van der Waals surface area contributed by atoms with Gasteiger partial charge in [-0.3, -0.25) is 0 Å². The van der Waals surface area contributed by atoms with E-state index in [0.717, 1.165) is 35.6 Å². The van der Waals surface area contributed by atoms with Gasteiger partial charge in [0, 0.05) is 5.56 Å². The van der Waals surface area contributed by atoms with Gasteiger partial charge in [0.05, 0.1) is 10.6 Å². The maximum atomic E-state index is 6.33. The van der Waals surface area contributed by atoms with Crippen molar-refractivity contribution in [2.75, 3.05) is 5.73 Å². The molecule has 20 heavy (non-hydrogen) atoms. The van der Waals surface area contributed by atoms with Crippen LogP contribution in [-0.2, 0) is 6.42 Å². The van der Waals surface area contributed by atoms with Crippen LogP contribution in [0.25, 0.3) is 16.3 Å². The molecule has 0 bridgehead atoms. The normalized spacial score (nSPS) is 10.8. The Hall–Kier alpha value is -2.07. The molecule has 0 spiro atoms. The predicted octanol–water partition coefficient (Wildman–Crippen LogP) is 4.14. The van der Waals surface area contributed by atoms with Crippen LogP contribution < -0.4 is 5.73 Å². The summed E-state index contributed by atoms with van der Waals surface area (Å²) in [6.45, 7) is 2.16. The lowest BCUT2D eigenvalue weighted by Crippen LogP contribution is -2.02. The van der Waals surface area contributed by atoms with Crippen molar-refractivity contribution in [2.24, 2.45) is 0 Å². The van der Waals surface area contributed by atoms with E-state index in [0.29, 0.717) is 0 Å². The van der Waals surface area contributed by atoms with Gasteiger partial charge in [0.2, 0.25) is 0 Å². The molecule has 3 aromatic rings. The first-order valence-electron chi connectivity index (χ1n) is 6.78.